The highest BCUT2D eigenvalue weighted by atomic mass is 32.2. The zero-order valence-corrected chi connectivity index (χ0v) is 22.6. The van der Waals surface area contributed by atoms with Gasteiger partial charge in [-0.05, 0) is 35.9 Å². The molecule has 42 heavy (non-hydrogen) atoms. The maximum absolute atomic E-state index is 13.3. The monoisotopic (exact) mass is 597 g/mol. The Labute approximate surface area is 237 Å². The second-order valence-corrected chi connectivity index (χ2v) is 10.7. The van der Waals surface area contributed by atoms with Crippen LogP contribution in [0.3, 0.4) is 0 Å². The molecule has 1 unspecified atom stereocenters. The maximum atomic E-state index is 13.3. The van der Waals surface area contributed by atoms with Crippen molar-refractivity contribution >= 4 is 32.7 Å². The number of fused-ring (bicyclic) bond motifs is 1. The van der Waals surface area contributed by atoms with E-state index in [0.717, 1.165) is 22.3 Å². The molecule has 216 valence electrons. The number of rotatable bonds is 7. The Balaban J connectivity index is 0.000000517. The van der Waals surface area contributed by atoms with E-state index in [1.54, 1.807) is 65.6 Å². The molecule has 0 saturated carbocycles. The van der Waals surface area contributed by atoms with Crippen LogP contribution in [-0.4, -0.2) is 57.5 Å². The topological polar surface area (TPSA) is 158 Å². The number of aliphatic carboxylic acids is 1. The second-order valence-electron chi connectivity index (χ2n) is 8.73. The molecule has 2 N–H and O–H groups in total. The third-order valence-electron chi connectivity index (χ3n) is 6.10. The van der Waals surface area contributed by atoms with Crippen LogP contribution in [0.2, 0.25) is 0 Å². The first-order valence-corrected chi connectivity index (χ1v) is 13.5. The molecular weight excluding hydrogens is 575 g/mol. The Morgan fingerprint density at radius 3 is 2.52 bits per heavy atom. The summed E-state index contributed by atoms with van der Waals surface area (Å²) in [5.41, 5.74) is 3.44. The highest BCUT2D eigenvalue weighted by molar-refractivity contribution is 7.92. The number of carboxylic acids is 1. The molecule has 1 atom stereocenters. The Kier molecular flexibility index (Phi) is 8.57. The number of alkyl halides is 3. The molecule has 3 aromatic heterocycles. The zero-order valence-electron chi connectivity index (χ0n) is 21.8. The number of aromatic nitrogens is 5. The van der Waals surface area contributed by atoms with E-state index >= 15 is 0 Å². The van der Waals surface area contributed by atoms with Gasteiger partial charge in [-0.3, -0.25) is 8.99 Å². The quantitative estimate of drug-likeness (QED) is 0.271. The first-order chi connectivity index (χ1) is 19.9. The average Bonchev–Trinajstić information content (AvgIpc) is 3.66. The van der Waals surface area contributed by atoms with Gasteiger partial charge in [0.15, 0.2) is 0 Å². The van der Waals surface area contributed by atoms with Gasteiger partial charge in [0.05, 0.1) is 41.0 Å². The van der Waals surface area contributed by atoms with E-state index in [2.05, 4.69) is 26.1 Å². The van der Waals surface area contributed by atoms with Crippen molar-refractivity contribution in [2.75, 3.05) is 11.4 Å². The van der Waals surface area contributed by atoms with Gasteiger partial charge < -0.3 is 10.1 Å². The molecule has 0 spiro atoms. The number of halogens is 3. The minimum Gasteiger partial charge on any atom is -0.475 e. The van der Waals surface area contributed by atoms with Crippen LogP contribution in [0.25, 0.3) is 22.3 Å². The minimum atomic E-state index is -5.08. The van der Waals surface area contributed by atoms with E-state index < -0.39 is 28.2 Å². The highest BCUT2D eigenvalue weighted by Crippen LogP contribution is 2.30. The van der Waals surface area contributed by atoms with E-state index in [9.17, 15) is 26.9 Å². The largest absolute Gasteiger partial charge is 0.490 e. The van der Waals surface area contributed by atoms with Crippen molar-refractivity contribution in [1.29, 1.82) is 5.26 Å². The number of nitrogens with zero attached hydrogens (tertiary/aromatic N) is 6. The van der Waals surface area contributed by atoms with Gasteiger partial charge in [-0.1, -0.05) is 30.3 Å². The average molecular weight is 598 g/mol. The molecule has 0 aliphatic heterocycles. The zero-order chi connectivity index (χ0) is 30.5. The van der Waals surface area contributed by atoms with E-state index in [1.807, 2.05) is 18.3 Å². The number of anilines is 1. The fourth-order valence-corrected chi connectivity index (χ4v) is 5.25. The highest BCUT2D eigenvalue weighted by Gasteiger charge is 2.38. The van der Waals surface area contributed by atoms with Crippen LogP contribution >= 0.6 is 0 Å². The van der Waals surface area contributed by atoms with Gasteiger partial charge in [-0.15, -0.1) is 0 Å². The van der Waals surface area contributed by atoms with E-state index in [4.69, 9.17) is 9.90 Å². The van der Waals surface area contributed by atoms with E-state index in [-0.39, 0.29) is 11.3 Å². The van der Waals surface area contributed by atoms with Crippen LogP contribution in [0.5, 0.6) is 0 Å². The summed E-state index contributed by atoms with van der Waals surface area (Å²) in [7, 11) is -2.28. The molecule has 0 aliphatic rings. The number of nitrogens with one attached hydrogen (secondary N) is 1. The first-order valence-electron chi connectivity index (χ1n) is 12.1. The lowest BCUT2D eigenvalue weighted by Crippen LogP contribution is -2.26. The molecule has 11 nitrogen and oxygen atoms in total. The number of hydrogen-bond acceptors (Lipinski definition) is 7. The summed E-state index contributed by atoms with van der Waals surface area (Å²) in [5, 5.41) is 22.0. The molecule has 5 rings (SSSR count). The molecule has 0 aliphatic carbocycles. The summed E-state index contributed by atoms with van der Waals surface area (Å²) < 4.78 is 61.3. The molecule has 3 heterocycles. The second kappa shape index (κ2) is 12.1. The molecule has 5 aromatic rings. The standard InChI is InChI=1S/C25H21N7O2S.C2HF3O2/c1-31(20-7-3-2-4-8-20)35(33,34)21-9-5-6-18(14-21)23(10-12-26)32-16-19(15-30-32)24-22-11-13-27-25(22)29-17-28-24;3-2(4,5)1(6)7/h2-9,11,13-17,23H,10H2,1H3,(H,27,28,29);(H,6,7). The number of H-pyrrole nitrogens is 1. The summed E-state index contributed by atoms with van der Waals surface area (Å²) in [5.74, 6) is -2.76. The number of carboxylic acid groups (broad SMARTS) is 1. The Morgan fingerprint density at radius 2 is 1.86 bits per heavy atom. The molecule has 15 heteroatoms. The van der Waals surface area contributed by atoms with E-state index in [1.165, 1.54) is 17.7 Å². The van der Waals surface area contributed by atoms with Gasteiger partial charge in [0.1, 0.15) is 12.0 Å². The van der Waals surface area contributed by atoms with Crippen molar-refractivity contribution in [2.45, 2.75) is 23.5 Å². The van der Waals surface area contributed by atoms with Crippen LogP contribution in [0, 0.1) is 11.3 Å². The van der Waals surface area contributed by atoms with Gasteiger partial charge in [0.25, 0.3) is 10.0 Å². The predicted octanol–water partition coefficient (Wildman–Crippen LogP) is 4.78. The fraction of sp³-hybridized carbons (Fsp3) is 0.148. The lowest BCUT2D eigenvalue weighted by molar-refractivity contribution is -0.192. The smallest absolute Gasteiger partial charge is 0.475 e. The number of hydrogen-bond donors (Lipinski definition) is 2. The van der Waals surface area contributed by atoms with Crippen LogP contribution < -0.4 is 4.31 Å². The molecule has 0 bridgehead atoms. The number of benzene rings is 2. The van der Waals surface area contributed by atoms with Crippen molar-refractivity contribution in [3.05, 3.63) is 91.1 Å². The number of para-hydroxylation sites is 1. The van der Waals surface area contributed by atoms with Crippen molar-refractivity contribution in [3.8, 4) is 17.3 Å². The summed E-state index contributed by atoms with van der Waals surface area (Å²) in [4.78, 5) is 20.7. The first kappa shape index (κ1) is 29.7. The Morgan fingerprint density at radius 1 is 1.14 bits per heavy atom. The summed E-state index contributed by atoms with van der Waals surface area (Å²) in [6.45, 7) is 0. The van der Waals surface area contributed by atoms with Crippen molar-refractivity contribution in [1.82, 2.24) is 24.7 Å². The minimum absolute atomic E-state index is 0.114. The van der Waals surface area contributed by atoms with Crippen LogP contribution in [-0.2, 0) is 14.8 Å². The third kappa shape index (κ3) is 6.39. The summed E-state index contributed by atoms with van der Waals surface area (Å²) in [6, 6.07) is 19.1. The summed E-state index contributed by atoms with van der Waals surface area (Å²) in [6.07, 6.45) is 1.81. The maximum Gasteiger partial charge on any atom is 0.490 e. The van der Waals surface area contributed by atoms with Gasteiger partial charge in [0.2, 0.25) is 0 Å². The number of carbonyl (C=O) groups is 1. The molecule has 0 radical (unpaired) electrons. The van der Waals surface area contributed by atoms with Gasteiger partial charge in [-0.25, -0.2) is 23.2 Å². The number of sulfonamides is 1. The van der Waals surface area contributed by atoms with E-state index in [0.29, 0.717) is 11.3 Å². The molecule has 0 amide bonds. The van der Waals surface area contributed by atoms with Crippen molar-refractivity contribution in [3.63, 3.8) is 0 Å². The SMILES string of the molecule is CN(c1ccccc1)S(=O)(=O)c1cccc(C(CC#N)n2cc(-c3ncnc4[nH]ccc34)cn2)c1.O=C(O)C(F)(F)F. The van der Waals surface area contributed by atoms with Crippen LogP contribution in [0.4, 0.5) is 18.9 Å². The lowest BCUT2D eigenvalue weighted by atomic mass is 10.0. The predicted molar refractivity (Wildman–Crippen MR) is 146 cm³/mol. The van der Waals surface area contributed by atoms with Crippen molar-refractivity contribution < 1.29 is 31.5 Å². The number of aromatic amines is 1. The molecule has 0 saturated heterocycles. The molecule has 2 aromatic carbocycles. The van der Waals surface area contributed by atoms with Crippen LogP contribution in [0.1, 0.15) is 18.0 Å². The molecule has 0 fully saturated rings. The van der Waals surface area contributed by atoms with Gasteiger partial charge in [-0.2, -0.15) is 23.5 Å². The number of nitriles is 1. The fourth-order valence-electron chi connectivity index (χ4n) is 4.00. The Hall–Kier alpha value is -5.23. The molecular formula is C27H22F3N7O4S. The van der Waals surface area contributed by atoms with Gasteiger partial charge in [0, 0.05) is 30.4 Å². The Bertz CT molecular complexity index is 1850. The third-order valence-corrected chi connectivity index (χ3v) is 7.88. The van der Waals surface area contributed by atoms with Crippen molar-refractivity contribution in [2.24, 2.45) is 0 Å². The van der Waals surface area contributed by atoms with Gasteiger partial charge >= 0.3 is 12.1 Å². The van der Waals surface area contributed by atoms with Crippen LogP contribution in [0.15, 0.2) is 90.5 Å². The lowest BCUT2D eigenvalue weighted by Gasteiger charge is -2.21. The summed E-state index contributed by atoms with van der Waals surface area (Å²) >= 11 is 0. The normalized spacial score (nSPS) is 12.2.